The van der Waals surface area contributed by atoms with Crippen molar-refractivity contribution in [2.24, 2.45) is 12.5 Å². The van der Waals surface area contributed by atoms with Crippen LogP contribution in [-0.2, 0) is 18.4 Å². The van der Waals surface area contributed by atoms with E-state index in [0.717, 1.165) is 105 Å². The number of fused-ring (bicyclic) bond motifs is 2. The van der Waals surface area contributed by atoms with Crippen molar-refractivity contribution in [1.29, 1.82) is 0 Å². The molecule has 4 aromatic rings. The monoisotopic (exact) mass is 613 g/mol. The third-order valence-corrected chi connectivity index (χ3v) is 9.63. The van der Waals surface area contributed by atoms with Crippen LogP contribution in [0.4, 0.5) is 0 Å². The molecule has 3 N–H and O–H groups in total. The number of nitrogens with one attached hydrogen (secondary N) is 3. The van der Waals surface area contributed by atoms with Gasteiger partial charge in [-0.2, -0.15) is 0 Å². The number of imidazole rings is 1. The number of benzene rings is 1. The summed E-state index contributed by atoms with van der Waals surface area (Å²) in [5, 5.41) is 10.9. The lowest BCUT2D eigenvalue weighted by Crippen LogP contribution is -2.40. The molecule has 45 heavy (non-hydrogen) atoms. The first-order valence-corrected chi connectivity index (χ1v) is 16.5. The zero-order valence-corrected chi connectivity index (χ0v) is 27.3. The van der Waals surface area contributed by atoms with Gasteiger partial charge in [0.1, 0.15) is 16.9 Å². The highest BCUT2D eigenvalue weighted by molar-refractivity contribution is 6.00. The van der Waals surface area contributed by atoms with E-state index in [1.807, 2.05) is 46.0 Å². The van der Waals surface area contributed by atoms with Crippen LogP contribution in [0.5, 0.6) is 5.75 Å². The van der Waals surface area contributed by atoms with E-state index in [2.05, 4.69) is 37.2 Å². The maximum atomic E-state index is 13.4. The maximum absolute atomic E-state index is 13.4. The molecule has 0 saturated carbocycles. The second-order valence-electron chi connectivity index (χ2n) is 13.5. The van der Waals surface area contributed by atoms with E-state index < -0.39 is 5.41 Å². The average Bonchev–Trinajstić information content (AvgIpc) is 3.42. The lowest BCUT2D eigenvalue weighted by atomic mass is 9.85. The quantitative estimate of drug-likeness (QED) is 0.275. The predicted octanol–water partition coefficient (Wildman–Crippen LogP) is 5.64. The fourth-order valence-corrected chi connectivity index (χ4v) is 6.80. The van der Waals surface area contributed by atoms with Crippen LogP contribution in [0, 0.1) is 5.41 Å². The topological polar surface area (TPSA) is 115 Å². The van der Waals surface area contributed by atoms with E-state index in [4.69, 9.17) is 14.7 Å². The van der Waals surface area contributed by atoms with Gasteiger partial charge in [0.15, 0.2) is 5.82 Å². The summed E-state index contributed by atoms with van der Waals surface area (Å²) in [6, 6.07) is 9.82. The molecule has 10 heteroatoms. The Morgan fingerprint density at radius 2 is 1.89 bits per heavy atom. The summed E-state index contributed by atoms with van der Waals surface area (Å²) in [6.45, 7) is 8.65. The van der Waals surface area contributed by atoms with Crippen molar-refractivity contribution in [1.82, 2.24) is 35.1 Å². The molecule has 0 aliphatic carbocycles. The van der Waals surface area contributed by atoms with Crippen LogP contribution in [0.1, 0.15) is 94.2 Å². The molecule has 10 nitrogen and oxygen atoms in total. The predicted molar refractivity (Wildman–Crippen MR) is 177 cm³/mol. The van der Waals surface area contributed by atoms with Gasteiger partial charge in [0, 0.05) is 42.5 Å². The molecule has 2 aliphatic rings. The molecule has 2 atom stereocenters. The van der Waals surface area contributed by atoms with Crippen molar-refractivity contribution >= 4 is 33.9 Å². The zero-order chi connectivity index (χ0) is 31.7. The second kappa shape index (κ2) is 12.8. The molecule has 2 aliphatic heterocycles. The third kappa shape index (κ3) is 6.30. The lowest BCUT2D eigenvalue weighted by molar-refractivity contribution is -0.130. The van der Waals surface area contributed by atoms with Crippen LogP contribution in [0.3, 0.4) is 0 Å². The van der Waals surface area contributed by atoms with E-state index in [0.29, 0.717) is 16.8 Å². The smallest absolute Gasteiger partial charge is 0.251 e. The van der Waals surface area contributed by atoms with E-state index >= 15 is 0 Å². The van der Waals surface area contributed by atoms with Gasteiger partial charge in [0.05, 0.1) is 30.1 Å². The summed E-state index contributed by atoms with van der Waals surface area (Å²) in [4.78, 5) is 36.7. The Balaban J connectivity index is 1.40. The number of nitrogens with zero attached hydrogens (tertiary/aromatic N) is 4. The molecule has 240 valence electrons. The zero-order valence-electron chi connectivity index (χ0n) is 27.3. The van der Waals surface area contributed by atoms with Crippen molar-refractivity contribution in [2.75, 3.05) is 20.2 Å². The molecule has 2 amide bonds. The van der Waals surface area contributed by atoms with Gasteiger partial charge in [-0.1, -0.05) is 39.5 Å². The number of carbonyl (C=O) groups excluding carboxylic acids is 2. The number of hydrogen-bond acceptors (Lipinski definition) is 6. The van der Waals surface area contributed by atoms with Crippen molar-refractivity contribution < 1.29 is 14.3 Å². The highest BCUT2D eigenvalue weighted by atomic mass is 16.5. The van der Waals surface area contributed by atoms with Crippen LogP contribution in [0.2, 0.25) is 0 Å². The van der Waals surface area contributed by atoms with E-state index in [9.17, 15) is 9.59 Å². The maximum Gasteiger partial charge on any atom is 0.251 e. The van der Waals surface area contributed by atoms with Crippen LogP contribution in [-0.4, -0.2) is 57.2 Å². The van der Waals surface area contributed by atoms with Gasteiger partial charge in [-0.05, 0) is 69.5 Å². The van der Waals surface area contributed by atoms with Crippen LogP contribution < -0.4 is 20.7 Å². The number of carbonyl (C=O) groups is 2. The van der Waals surface area contributed by atoms with Gasteiger partial charge in [-0.3, -0.25) is 9.59 Å². The fourth-order valence-electron chi connectivity index (χ4n) is 6.80. The van der Waals surface area contributed by atoms with Crippen molar-refractivity contribution in [2.45, 2.75) is 90.8 Å². The van der Waals surface area contributed by atoms with Gasteiger partial charge >= 0.3 is 0 Å². The van der Waals surface area contributed by atoms with Gasteiger partial charge in [0.25, 0.3) is 5.91 Å². The summed E-state index contributed by atoms with van der Waals surface area (Å²) in [5.74, 6) is 1.36. The molecule has 3 aromatic heterocycles. The van der Waals surface area contributed by atoms with Crippen molar-refractivity contribution in [3.63, 3.8) is 0 Å². The number of aromatic nitrogens is 4. The second-order valence-corrected chi connectivity index (χ2v) is 13.5. The summed E-state index contributed by atoms with van der Waals surface area (Å²) in [7, 11) is 3.63. The normalized spacial score (nSPS) is 21.3. The van der Waals surface area contributed by atoms with E-state index in [1.54, 1.807) is 7.11 Å². The minimum atomic E-state index is -0.413. The lowest BCUT2D eigenvalue weighted by Gasteiger charge is -2.26. The molecule has 0 spiro atoms. The Morgan fingerprint density at radius 3 is 2.71 bits per heavy atom. The van der Waals surface area contributed by atoms with Crippen molar-refractivity contribution in [3.8, 4) is 17.3 Å². The molecule has 1 fully saturated rings. The Hall–Kier alpha value is -3.92. The minimum Gasteiger partial charge on any atom is -0.494 e. The Kier molecular flexibility index (Phi) is 8.86. The van der Waals surface area contributed by atoms with Crippen LogP contribution in [0.15, 0.2) is 30.3 Å². The van der Waals surface area contributed by atoms with E-state index in [1.165, 1.54) is 0 Å². The molecule has 5 heterocycles. The number of amides is 2. The number of aryl methyl sites for hydroxylation is 2. The van der Waals surface area contributed by atoms with Gasteiger partial charge in [-0.25, -0.2) is 9.97 Å². The molecule has 0 unspecified atom stereocenters. The molecule has 2 bridgehead atoms. The Labute approximate surface area is 265 Å². The molecule has 1 saturated heterocycles. The largest absolute Gasteiger partial charge is 0.494 e. The van der Waals surface area contributed by atoms with Crippen molar-refractivity contribution in [3.05, 3.63) is 41.6 Å². The summed E-state index contributed by atoms with van der Waals surface area (Å²) < 4.78 is 10.1. The SMILES string of the molecule is COc1cc(C(=O)N[C@@H]2CCCCNC2)cc2nc(-c3cc4ccc5nc4n3CCCCCCC(C)(C)C(=O)N[C@@H]5C)n(C)c12. The molecular formula is C35H47N7O3. The molecule has 0 radical (unpaired) electrons. The highest BCUT2D eigenvalue weighted by Crippen LogP contribution is 2.35. The Bertz CT molecular complexity index is 1710. The van der Waals surface area contributed by atoms with Crippen LogP contribution >= 0.6 is 0 Å². The average molecular weight is 614 g/mol. The first-order valence-electron chi connectivity index (χ1n) is 16.5. The summed E-state index contributed by atoms with van der Waals surface area (Å²) in [5.41, 5.74) is 4.37. The number of methoxy groups -OCH3 is 1. The van der Waals surface area contributed by atoms with E-state index in [-0.39, 0.29) is 23.9 Å². The number of pyridine rings is 1. The minimum absolute atomic E-state index is 0.0673. The molecular weight excluding hydrogens is 566 g/mol. The summed E-state index contributed by atoms with van der Waals surface area (Å²) >= 11 is 0. The highest BCUT2D eigenvalue weighted by Gasteiger charge is 2.29. The Morgan fingerprint density at radius 1 is 1.07 bits per heavy atom. The van der Waals surface area contributed by atoms with Gasteiger partial charge in [-0.15, -0.1) is 0 Å². The fraction of sp³-hybridized carbons (Fsp3) is 0.543. The number of ether oxygens (including phenoxy) is 1. The van der Waals surface area contributed by atoms with Crippen LogP contribution in [0.25, 0.3) is 33.6 Å². The summed E-state index contributed by atoms with van der Waals surface area (Å²) in [6.07, 6.45) is 8.21. The van der Waals surface area contributed by atoms with Gasteiger partial charge in [0.2, 0.25) is 5.91 Å². The molecule has 6 rings (SSSR count). The first-order chi connectivity index (χ1) is 21.7. The number of hydrogen-bond donors (Lipinski definition) is 3. The van der Waals surface area contributed by atoms with Gasteiger partial charge < -0.3 is 29.8 Å². The third-order valence-electron chi connectivity index (χ3n) is 9.63. The number of rotatable bonds is 4. The first kappa shape index (κ1) is 31.1. The molecule has 1 aromatic carbocycles. The standard InChI is InChI=1S/C35H47N7O3/c1-22-26-14-13-23-19-28(42(31(23)39-26)17-11-7-6-9-15-35(2,3)34(44)37-22)32-40-27-18-24(20-29(45-5)30(27)41(32)4)33(43)38-25-12-8-10-16-36-21-25/h13-14,18-20,22,25,36H,6-12,15-17,21H2,1-5H3,(H,37,44)(H,38,43)/t22-,25-/m1/s1.